The largest absolute Gasteiger partial charge is 1.00 e. The molecule has 1 aliphatic rings. The number of benzene rings is 5. The Kier molecular flexibility index (Phi) is 7.81. The number of halogens is 2. The summed E-state index contributed by atoms with van der Waals surface area (Å²) in [5.41, 5.74) is 2.27. The second-order valence-electron chi connectivity index (χ2n) is 9.24. The van der Waals surface area contributed by atoms with E-state index in [1.165, 1.54) is 20.8 Å². The first-order chi connectivity index (χ1) is 18.6. The fraction of sp³-hybridized carbons (Fsp3) is 0.0303. The molecule has 5 aromatic rings. The number of imide groups is 1. The second kappa shape index (κ2) is 11.3. The molecule has 6 heteroatoms. The normalized spacial score (nSPS) is 12.7. The van der Waals surface area contributed by atoms with Crippen molar-refractivity contribution >= 4 is 52.3 Å². The van der Waals surface area contributed by atoms with Crippen LogP contribution in [0.3, 0.4) is 0 Å². The first kappa shape index (κ1) is 27.0. The Morgan fingerprint density at radius 3 is 1.41 bits per heavy atom. The molecular weight excluding hydrogens is 589 g/mol. The molecule has 3 nitrogen and oxygen atoms in total. The lowest BCUT2D eigenvalue weighted by molar-refractivity contribution is -0.0000237. The lowest BCUT2D eigenvalue weighted by Crippen LogP contribution is -3.00. The lowest BCUT2D eigenvalue weighted by Gasteiger charge is -2.29. The van der Waals surface area contributed by atoms with E-state index in [-0.39, 0.29) is 28.8 Å². The number of fused-ring (bicyclic) bond motifs is 1. The van der Waals surface area contributed by atoms with Crippen molar-refractivity contribution in [3.63, 3.8) is 0 Å². The first-order valence-electron chi connectivity index (χ1n) is 12.4. The minimum absolute atomic E-state index is 0. The Morgan fingerprint density at radius 2 is 0.974 bits per heavy atom. The van der Waals surface area contributed by atoms with Crippen LogP contribution in [-0.4, -0.2) is 11.8 Å². The maximum absolute atomic E-state index is 13.5. The van der Waals surface area contributed by atoms with Gasteiger partial charge in [-0.15, -0.1) is 0 Å². The van der Waals surface area contributed by atoms with E-state index in [4.69, 9.17) is 11.6 Å². The minimum Gasteiger partial charge on any atom is -1.00 e. The van der Waals surface area contributed by atoms with Crippen molar-refractivity contribution < 1.29 is 26.6 Å². The lowest BCUT2D eigenvalue weighted by atomic mass is 10.1. The van der Waals surface area contributed by atoms with Crippen molar-refractivity contribution in [3.05, 3.63) is 155 Å². The van der Waals surface area contributed by atoms with Gasteiger partial charge in [-0.3, -0.25) is 9.59 Å². The number of hydrogen-bond donors (Lipinski definition) is 0. The molecule has 0 unspecified atom stereocenters. The summed E-state index contributed by atoms with van der Waals surface area (Å²) in [6, 6.07) is 44.2. The van der Waals surface area contributed by atoms with Gasteiger partial charge in [0.05, 0.1) is 16.8 Å². The van der Waals surface area contributed by atoms with Crippen molar-refractivity contribution in [3.8, 4) is 0 Å². The Balaban J connectivity index is 0.00000308. The summed E-state index contributed by atoms with van der Waals surface area (Å²) in [6.07, 6.45) is 0.616. The molecule has 5 aromatic carbocycles. The predicted octanol–water partition coefficient (Wildman–Crippen LogP) is 3.64. The van der Waals surface area contributed by atoms with Gasteiger partial charge >= 0.3 is 0 Å². The van der Waals surface area contributed by atoms with Gasteiger partial charge in [0, 0.05) is 10.6 Å². The average molecular weight is 613 g/mol. The fourth-order valence-electron chi connectivity index (χ4n) is 5.31. The molecule has 0 spiro atoms. The third kappa shape index (κ3) is 4.74. The molecule has 39 heavy (non-hydrogen) atoms. The molecule has 0 fully saturated rings. The van der Waals surface area contributed by atoms with E-state index in [1.807, 2.05) is 30.3 Å². The third-order valence-electron chi connectivity index (χ3n) is 7.08. The molecule has 0 radical (unpaired) electrons. The summed E-state index contributed by atoms with van der Waals surface area (Å²) in [4.78, 5) is 28.3. The van der Waals surface area contributed by atoms with E-state index in [0.29, 0.717) is 28.0 Å². The van der Waals surface area contributed by atoms with Gasteiger partial charge in [-0.05, 0) is 60.7 Å². The summed E-state index contributed by atoms with van der Waals surface area (Å²) in [7, 11) is -2.26. The fourth-order valence-corrected chi connectivity index (χ4v) is 9.74. The molecule has 192 valence electrons. The molecule has 0 saturated carbocycles. The monoisotopic (exact) mass is 611 g/mol. The predicted molar refractivity (Wildman–Crippen MR) is 158 cm³/mol. The number of nitrogens with zero attached hydrogens (tertiary/aromatic N) is 1. The van der Waals surface area contributed by atoms with Crippen LogP contribution in [0.5, 0.6) is 0 Å². The molecule has 1 aliphatic heterocycles. The minimum atomic E-state index is -2.26. The van der Waals surface area contributed by atoms with Crippen LogP contribution in [0.15, 0.2) is 133 Å². The summed E-state index contributed by atoms with van der Waals surface area (Å²) >= 11 is 6.48. The highest BCUT2D eigenvalue weighted by atomic mass is 79.9. The maximum atomic E-state index is 13.5. The summed E-state index contributed by atoms with van der Waals surface area (Å²) in [5.74, 6) is -0.644. The number of carbonyl (C=O) groups excluding carboxylic acids is 2. The van der Waals surface area contributed by atoms with Crippen LogP contribution < -0.4 is 37.8 Å². The summed E-state index contributed by atoms with van der Waals surface area (Å²) < 4.78 is 0. The molecule has 0 N–H and O–H groups in total. The van der Waals surface area contributed by atoms with Crippen LogP contribution in [0.2, 0.25) is 5.02 Å². The SMILES string of the molecule is O=C1c2ccccc2C(=O)N1c1cc(Cl)ccc1C[P+](c1ccccc1)(c1ccccc1)c1ccccc1.[Br-]. The quantitative estimate of drug-likeness (QED) is 0.217. The molecule has 0 aromatic heterocycles. The van der Waals surface area contributed by atoms with Gasteiger partial charge in [0.2, 0.25) is 0 Å². The van der Waals surface area contributed by atoms with E-state index < -0.39 is 7.26 Å². The van der Waals surface area contributed by atoms with Crippen LogP contribution in [0.4, 0.5) is 5.69 Å². The second-order valence-corrected chi connectivity index (χ2v) is 13.2. The van der Waals surface area contributed by atoms with Gasteiger partial charge in [0.25, 0.3) is 11.8 Å². The van der Waals surface area contributed by atoms with Crippen molar-refractivity contribution in [1.82, 2.24) is 0 Å². The number of rotatable bonds is 6. The number of carbonyl (C=O) groups is 2. The summed E-state index contributed by atoms with van der Waals surface area (Å²) in [5, 5.41) is 4.14. The van der Waals surface area contributed by atoms with Gasteiger partial charge in [-0.2, -0.15) is 0 Å². The van der Waals surface area contributed by atoms with Crippen molar-refractivity contribution in [2.24, 2.45) is 0 Å². The Morgan fingerprint density at radius 1 is 0.564 bits per heavy atom. The van der Waals surface area contributed by atoms with Crippen molar-refractivity contribution in [2.45, 2.75) is 6.16 Å². The standard InChI is InChI=1S/C33H24ClNO2P.BrH/c34-25-21-20-24(31(22-25)35-32(36)29-18-10-11-19-30(29)33(35)37)23-38(26-12-4-1-5-13-26,27-14-6-2-7-15-27)28-16-8-3-9-17-28;/h1-22H,23H2;1H/q+1;/p-1. The van der Waals surface area contributed by atoms with Crippen molar-refractivity contribution in [2.75, 3.05) is 4.90 Å². The van der Waals surface area contributed by atoms with Gasteiger partial charge in [-0.25, -0.2) is 4.90 Å². The van der Waals surface area contributed by atoms with Crippen LogP contribution in [0, 0.1) is 0 Å². The van der Waals surface area contributed by atoms with Crippen molar-refractivity contribution in [1.29, 1.82) is 0 Å². The zero-order chi connectivity index (χ0) is 26.1. The molecule has 0 saturated heterocycles. The molecule has 0 atom stereocenters. The molecule has 1 heterocycles. The number of anilines is 1. The van der Waals surface area contributed by atoms with Gasteiger partial charge in [0.15, 0.2) is 0 Å². The molecule has 0 bridgehead atoms. The topological polar surface area (TPSA) is 37.4 Å². The molecular formula is C33H24BrClNO2P. The number of hydrogen-bond acceptors (Lipinski definition) is 2. The zero-order valence-electron chi connectivity index (χ0n) is 20.9. The highest BCUT2D eigenvalue weighted by Crippen LogP contribution is 2.59. The molecule has 2 amide bonds. The van der Waals surface area contributed by atoms with Crippen LogP contribution in [0.1, 0.15) is 26.3 Å². The molecule has 0 aliphatic carbocycles. The van der Waals surface area contributed by atoms with Crippen LogP contribution >= 0.6 is 18.9 Å². The Bertz CT molecular complexity index is 1510. The van der Waals surface area contributed by atoms with E-state index >= 15 is 0 Å². The third-order valence-corrected chi connectivity index (χ3v) is 11.7. The van der Waals surface area contributed by atoms with E-state index in [9.17, 15) is 9.59 Å². The van der Waals surface area contributed by atoms with Crippen LogP contribution in [0.25, 0.3) is 0 Å². The Labute approximate surface area is 244 Å². The zero-order valence-corrected chi connectivity index (χ0v) is 24.1. The van der Waals surface area contributed by atoms with Crippen LogP contribution in [-0.2, 0) is 6.16 Å². The van der Waals surface area contributed by atoms with E-state index in [0.717, 1.165) is 5.56 Å². The maximum Gasteiger partial charge on any atom is 0.266 e. The van der Waals surface area contributed by atoms with Gasteiger partial charge < -0.3 is 17.0 Å². The van der Waals surface area contributed by atoms with Gasteiger partial charge in [-0.1, -0.05) is 84.4 Å². The highest BCUT2D eigenvalue weighted by Gasteiger charge is 2.47. The van der Waals surface area contributed by atoms with E-state index in [2.05, 4.69) is 72.8 Å². The number of amides is 2. The average Bonchev–Trinajstić information content (AvgIpc) is 3.23. The smallest absolute Gasteiger partial charge is 0.266 e. The van der Waals surface area contributed by atoms with E-state index in [1.54, 1.807) is 30.3 Å². The first-order valence-corrected chi connectivity index (χ1v) is 14.8. The Hall–Kier alpha value is -3.56. The molecule has 6 rings (SSSR count). The summed E-state index contributed by atoms with van der Waals surface area (Å²) in [6.45, 7) is 0. The highest BCUT2D eigenvalue weighted by molar-refractivity contribution is 7.95. The van der Waals surface area contributed by atoms with Gasteiger partial charge in [0.1, 0.15) is 29.3 Å².